The Hall–Kier alpha value is 0.314. The van der Waals surface area contributed by atoms with E-state index >= 15 is 0 Å². The van der Waals surface area contributed by atoms with Gasteiger partial charge < -0.3 is 14.3 Å². The van der Waals surface area contributed by atoms with Gasteiger partial charge in [0, 0.05) is 0 Å². The van der Waals surface area contributed by atoms with Crippen LogP contribution >= 0.6 is 0 Å². The molecular weight excluding hydrogens is 248 g/mol. The molecule has 0 aromatic heterocycles. The molecule has 0 rings (SSSR count). The second-order valence-corrected chi connectivity index (χ2v) is 15.3. The molecule has 0 aliphatic rings. The minimum absolute atomic E-state index is 0.229. The van der Waals surface area contributed by atoms with E-state index in [4.69, 9.17) is 4.12 Å². The first-order valence-corrected chi connectivity index (χ1v) is 12.8. The summed E-state index contributed by atoms with van der Waals surface area (Å²) < 4.78 is 6.38. The SMILES string of the molecule is CC(O)CC[Si](C)(C)O[Si](C)(C)CCC(C)O. The molecule has 0 aromatic rings. The van der Waals surface area contributed by atoms with Crippen molar-refractivity contribution in [3.63, 3.8) is 0 Å². The predicted molar refractivity (Wildman–Crippen MR) is 78.3 cm³/mol. The van der Waals surface area contributed by atoms with Crippen molar-refractivity contribution < 1.29 is 14.3 Å². The molecule has 0 saturated carbocycles. The van der Waals surface area contributed by atoms with Crippen LogP contribution in [-0.4, -0.2) is 39.1 Å². The first kappa shape index (κ1) is 17.3. The highest BCUT2D eigenvalue weighted by Gasteiger charge is 2.32. The van der Waals surface area contributed by atoms with Gasteiger partial charge in [0.05, 0.1) is 12.2 Å². The third kappa shape index (κ3) is 9.97. The van der Waals surface area contributed by atoms with Crippen LogP contribution in [0, 0.1) is 0 Å². The number of aliphatic hydroxyl groups is 2. The van der Waals surface area contributed by atoms with Crippen molar-refractivity contribution in [1.82, 2.24) is 0 Å². The highest BCUT2D eigenvalue weighted by molar-refractivity contribution is 6.84. The number of hydrogen-bond donors (Lipinski definition) is 2. The summed E-state index contributed by atoms with van der Waals surface area (Å²) in [5.74, 6) is 0. The molecule has 0 radical (unpaired) electrons. The van der Waals surface area contributed by atoms with E-state index in [1.165, 1.54) is 0 Å². The Bertz CT molecular complexity index is 194. The van der Waals surface area contributed by atoms with Gasteiger partial charge in [-0.2, -0.15) is 0 Å². The molecule has 0 heterocycles. The Kier molecular flexibility index (Phi) is 7.17. The molecule has 2 unspecified atom stereocenters. The number of rotatable bonds is 8. The maximum Gasteiger partial charge on any atom is 0.173 e. The van der Waals surface area contributed by atoms with Crippen molar-refractivity contribution in [2.45, 2.75) is 77.2 Å². The lowest BCUT2D eigenvalue weighted by Crippen LogP contribution is -2.44. The highest BCUT2D eigenvalue weighted by atomic mass is 28.4. The molecular formula is C12H30O3Si2. The standard InChI is InChI=1S/C12H30O3Si2/c1-11(13)7-9-16(3,4)15-17(5,6)10-8-12(2)14/h11-14H,7-10H2,1-6H3. The van der Waals surface area contributed by atoms with Crippen LogP contribution in [0.3, 0.4) is 0 Å². The molecule has 104 valence electrons. The molecule has 0 saturated heterocycles. The third-order valence-electron chi connectivity index (χ3n) is 2.88. The molecule has 5 heteroatoms. The van der Waals surface area contributed by atoms with Gasteiger partial charge in [0.25, 0.3) is 0 Å². The summed E-state index contributed by atoms with van der Waals surface area (Å²) in [7, 11) is -3.31. The average molecular weight is 279 g/mol. The monoisotopic (exact) mass is 278 g/mol. The molecule has 2 N–H and O–H groups in total. The van der Waals surface area contributed by atoms with Crippen LogP contribution in [-0.2, 0) is 4.12 Å². The van der Waals surface area contributed by atoms with Gasteiger partial charge in [-0.15, -0.1) is 0 Å². The zero-order chi connectivity index (χ0) is 13.7. The van der Waals surface area contributed by atoms with Crippen molar-refractivity contribution in [3.05, 3.63) is 0 Å². The van der Waals surface area contributed by atoms with E-state index in [0.717, 1.165) is 24.9 Å². The molecule has 0 spiro atoms. The lowest BCUT2D eigenvalue weighted by atomic mass is 10.3. The zero-order valence-corrected chi connectivity index (χ0v) is 14.3. The first-order valence-electron chi connectivity index (χ1n) is 6.60. The lowest BCUT2D eigenvalue weighted by Gasteiger charge is -2.34. The van der Waals surface area contributed by atoms with Crippen LogP contribution in [0.1, 0.15) is 26.7 Å². The van der Waals surface area contributed by atoms with Gasteiger partial charge in [-0.25, -0.2) is 0 Å². The summed E-state index contributed by atoms with van der Waals surface area (Å²) >= 11 is 0. The quantitative estimate of drug-likeness (QED) is 0.671. The van der Waals surface area contributed by atoms with E-state index in [1.54, 1.807) is 0 Å². The second kappa shape index (κ2) is 7.04. The Balaban J connectivity index is 4.17. The number of hydrogen-bond acceptors (Lipinski definition) is 3. The minimum Gasteiger partial charge on any atom is -0.455 e. The average Bonchev–Trinajstić information content (AvgIpc) is 2.10. The number of aliphatic hydroxyl groups excluding tert-OH is 2. The smallest absolute Gasteiger partial charge is 0.173 e. The lowest BCUT2D eigenvalue weighted by molar-refractivity contribution is 0.188. The Morgan fingerprint density at radius 2 is 1.12 bits per heavy atom. The van der Waals surface area contributed by atoms with Gasteiger partial charge >= 0.3 is 0 Å². The molecule has 2 atom stereocenters. The van der Waals surface area contributed by atoms with Crippen molar-refractivity contribution >= 4 is 16.6 Å². The summed E-state index contributed by atoms with van der Waals surface area (Å²) in [5.41, 5.74) is 0. The van der Waals surface area contributed by atoms with Gasteiger partial charge in [0.15, 0.2) is 16.6 Å². The highest BCUT2D eigenvalue weighted by Crippen LogP contribution is 2.24. The van der Waals surface area contributed by atoms with Crippen LogP contribution in [0.2, 0.25) is 38.3 Å². The zero-order valence-electron chi connectivity index (χ0n) is 12.3. The maximum absolute atomic E-state index is 9.34. The molecule has 0 amide bonds. The fourth-order valence-corrected chi connectivity index (χ4v) is 11.0. The van der Waals surface area contributed by atoms with Gasteiger partial charge in [-0.3, -0.25) is 0 Å². The molecule has 0 aromatic carbocycles. The van der Waals surface area contributed by atoms with Crippen LogP contribution in [0.4, 0.5) is 0 Å². The van der Waals surface area contributed by atoms with Gasteiger partial charge in [0.1, 0.15) is 0 Å². The van der Waals surface area contributed by atoms with Crippen LogP contribution in [0.25, 0.3) is 0 Å². The Morgan fingerprint density at radius 1 is 0.824 bits per heavy atom. The molecule has 0 aliphatic carbocycles. The van der Waals surface area contributed by atoms with Gasteiger partial charge in [0.2, 0.25) is 0 Å². The van der Waals surface area contributed by atoms with Gasteiger partial charge in [-0.1, -0.05) is 0 Å². The fraction of sp³-hybridized carbons (Fsp3) is 1.00. The topological polar surface area (TPSA) is 49.7 Å². The Morgan fingerprint density at radius 3 is 1.35 bits per heavy atom. The van der Waals surface area contributed by atoms with E-state index in [0.29, 0.717) is 0 Å². The molecule has 3 nitrogen and oxygen atoms in total. The largest absolute Gasteiger partial charge is 0.455 e. The van der Waals surface area contributed by atoms with E-state index < -0.39 is 16.6 Å². The van der Waals surface area contributed by atoms with Crippen molar-refractivity contribution in [2.75, 3.05) is 0 Å². The van der Waals surface area contributed by atoms with E-state index in [9.17, 15) is 10.2 Å². The molecule has 0 fully saturated rings. The molecule has 17 heavy (non-hydrogen) atoms. The van der Waals surface area contributed by atoms with Crippen molar-refractivity contribution in [1.29, 1.82) is 0 Å². The summed E-state index contributed by atoms with van der Waals surface area (Å²) in [6.07, 6.45) is 1.21. The Labute approximate surface area is 108 Å². The van der Waals surface area contributed by atoms with Crippen LogP contribution in [0.5, 0.6) is 0 Å². The first-order chi connectivity index (χ1) is 7.54. The van der Waals surface area contributed by atoms with E-state index in [-0.39, 0.29) is 12.2 Å². The minimum atomic E-state index is -1.65. The summed E-state index contributed by atoms with van der Waals surface area (Å²) in [6.45, 7) is 12.6. The van der Waals surface area contributed by atoms with Crippen LogP contribution in [0.15, 0.2) is 0 Å². The third-order valence-corrected chi connectivity index (χ3v) is 10.3. The van der Waals surface area contributed by atoms with Crippen LogP contribution < -0.4 is 0 Å². The van der Waals surface area contributed by atoms with Crippen molar-refractivity contribution in [2.24, 2.45) is 0 Å². The maximum atomic E-state index is 9.34. The fourth-order valence-electron chi connectivity index (χ4n) is 1.96. The summed E-state index contributed by atoms with van der Waals surface area (Å²) in [4.78, 5) is 0. The predicted octanol–water partition coefficient (Wildman–Crippen LogP) is 2.96. The summed E-state index contributed by atoms with van der Waals surface area (Å²) in [5, 5.41) is 18.7. The summed E-state index contributed by atoms with van der Waals surface area (Å²) in [6, 6.07) is 2.02. The van der Waals surface area contributed by atoms with E-state index in [2.05, 4.69) is 26.2 Å². The van der Waals surface area contributed by atoms with Gasteiger partial charge in [-0.05, 0) is 65.0 Å². The van der Waals surface area contributed by atoms with Crippen molar-refractivity contribution in [3.8, 4) is 0 Å². The molecule has 0 bridgehead atoms. The molecule has 0 aliphatic heterocycles. The second-order valence-electron chi connectivity index (χ2n) is 6.40. The normalized spacial score (nSPS) is 16.9. The van der Waals surface area contributed by atoms with E-state index in [1.807, 2.05) is 13.8 Å².